The topological polar surface area (TPSA) is 37.4 Å². The molecule has 0 heterocycles. The molecule has 0 aromatic rings. The molecule has 1 rings (SSSR count). The summed E-state index contributed by atoms with van der Waals surface area (Å²) in [5.41, 5.74) is 0. The Hall–Kier alpha value is 0.200. The van der Waals surface area contributed by atoms with Crippen LogP contribution in [0, 0.1) is 0 Å². The summed E-state index contributed by atoms with van der Waals surface area (Å²) in [6.45, 7) is 0. The molecule has 1 aliphatic carbocycles. The van der Waals surface area contributed by atoms with Gasteiger partial charge in [-0.1, -0.05) is 12.8 Å². The Labute approximate surface area is 71.9 Å². The molecule has 0 aliphatic heterocycles. The first-order valence-electron chi connectivity index (χ1n) is 3.69. The molecule has 0 bridgehead atoms. The van der Waals surface area contributed by atoms with Gasteiger partial charge in [-0.25, -0.2) is 0 Å². The van der Waals surface area contributed by atoms with Crippen molar-refractivity contribution in [1.29, 1.82) is 0 Å². The molecule has 11 heavy (non-hydrogen) atoms. The molecule has 0 aromatic carbocycles. The Kier molecular flexibility index (Phi) is 2.78. The zero-order valence-electron chi connectivity index (χ0n) is 6.46. The van der Waals surface area contributed by atoms with Crippen LogP contribution >= 0.6 is 10.7 Å². The van der Waals surface area contributed by atoms with Gasteiger partial charge in [0.05, 0.1) is 0 Å². The van der Waals surface area contributed by atoms with Crippen LogP contribution in [0.3, 0.4) is 0 Å². The highest BCUT2D eigenvalue weighted by atomic mass is 35.7. The SMILES string of the molecule is CN(C1CCCC1)S(=O)(=O)Cl. The third-order valence-corrected chi connectivity index (χ3v) is 3.82. The molecule has 0 amide bonds. The van der Waals surface area contributed by atoms with E-state index < -0.39 is 9.24 Å². The van der Waals surface area contributed by atoms with Crippen LogP contribution in [0.5, 0.6) is 0 Å². The lowest BCUT2D eigenvalue weighted by molar-refractivity contribution is 0.381. The fourth-order valence-electron chi connectivity index (χ4n) is 1.45. The first kappa shape index (κ1) is 9.29. The summed E-state index contributed by atoms with van der Waals surface area (Å²) in [6, 6.07) is 0.137. The van der Waals surface area contributed by atoms with Gasteiger partial charge in [0.25, 0.3) is 9.24 Å². The minimum Gasteiger partial charge on any atom is -0.195 e. The molecule has 1 aliphatic rings. The Morgan fingerprint density at radius 2 is 1.82 bits per heavy atom. The van der Waals surface area contributed by atoms with Gasteiger partial charge in [0.15, 0.2) is 0 Å². The van der Waals surface area contributed by atoms with Gasteiger partial charge in [0.2, 0.25) is 0 Å². The smallest absolute Gasteiger partial charge is 0.195 e. The second-order valence-electron chi connectivity index (χ2n) is 2.90. The monoisotopic (exact) mass is 197 g/mol. The van der Waals surface area contributed by atoms with Crippen LogP contribution in [0.15, 0.2) is 0 Å². The molecule has 0 spiro atoms. The van der Waals surface area contributed by atoms with Crippen LogP contribution in [0.2, 0.25) is 0 Å². The predicted octanol–water partition coefficient (Wildman–Crippen LogP) is 1.34. The Balaban J connectivity index is 2.60. The van der Waals surface area contributed by atoms with Crippen LogP contribution in [0.25, 0.3) is 0 Å². The van der Waals surface area contributed by atoms with Gasteiger partial charge in [-0.2, -0.15) is 12.7 Å². The van der Waals surface area contributed by atoms with Gasteiger partial charge in [0, 0.05) is 23.8 Å². The van der Waals surface area contributed by atoms with Gasteiger partial charge < -0.3 is 0 Å². The molecule has 3 nitrogen and oxygen atoms in total. The number of hydrogen-bond acceptors (Lipinski definition) is 2. The van der Waals surface area contributed by atoms with E-state index in [-0.39, 0.29) is 6.04 Å². The van der Waals surface area contributed by atoms with E-state index in [2.05, 4.69) is 0 Å². The fraction of sp³-hybridized carbons (Fsp3) is 1.00. The Morgan fingerprint density at radius 3 is 2.18 bits per heavy atom. The maximum atomic E-state index is 10.8. The third-order valence-electron chi connectivity index (χ3n) is 2.18. The van der Waals surface area contributed by atoms with Gasteiger partial charge in [-0.15, -0.1) is 0 Å². The highest BCUT2D eigenvalue weighted by Crippen LogP contribution is 2.25. The largest absolute Gasteiger partial charge is 0.299 e. The van der Waals surface area contributed by atoms with Crippen molar-refractivity contribution in [3.05, 3.63) is 0 Å². The van der Waals surface area contributed by atoms with Crippen LogP contribution in [0.4, 0.5) is 0 Å². The summed E-state index contributed by atoms with van der Waals surface area (Å²) in [5.74, 6) is 0. The third kappa shape index (κ3) is 2.32. The summed E-state index contributed by atoms with van der Waals surface area (Å²) >= 11 is 0. The molecule has 66 valence electrons. The lowest BCUT2D eigenvalue weighted by Gasteiger charge is -2.19. The summed E-state index contributed by atoms with van der Waals surface area (Å²) < 4.78 is 22.9. The predicted molar refractivity (Wildman–Crippen MR) is 44.8 cm³/mol. The van der Waals surface area contributed by atoms with E-state index in [4.69, 9.17) is 10.7 Å². The van der Waals surface area contributed by atoms with E-state index in [1.54, 1.807) is 7.05 Å². The summed E-state index contributed by atoms with van der Waals surface area (Å²) in [7, 11) is 3.22. The van der Waals surface area contributed by atoms with Crippen molar-refractivity contribution in [2.24, 2.45) is 0 Å². The normalized spacial score (nSPS) is 21.4. The quantitative estimate of drug-likeness (QED) is 0.627. The maximum absolute atomic E-state index is 10.8. The molecule has 0 N–H and O–H groups in total. The molecule has 0 aromatic heterocycles. The minimum absolute atomic E-state index is 0.137. The van der Waals surface area contributed by atoms with E-state index in [1.165, 1.54) is 4.31 Å². The summed E-state index contributed by atoms with van der Waals surface area (Å²) in [5, 5.41) is 0. The van der Waals surface area contributed by atoms with Crippen LogP contribution in [0.1, 0.15) is 25.7 Å². The molecule has 0 atom stereocenters. The first-order valence-corrected chi connectivity index (χ1v) is 5.96. The molecular weight excluding hydrogens is 186 g/mol. The van der Waals surface area contributed by atoms with Crippen LogP contribution in [-0.4, -0.2) is 25.8 Å². The van der Waals surface area contributed by atoms with E-state index in [0.717, 1.165) is 25.7 Å². The fourth-order valence-corrected chi connectivity index (χ4v) is 2.35. The number of rotatable bonds is 2. The lowest BCUT2D eigenvalue weighted by Crippen LogP contribution is -2.31. The van der Waals surface area contributed by atoms with Crippen LogP contribution in [-0.2, 0) is 9.24 Å². The van der Waals surface area contributed by atoms with Crippen molar-refractivity contribution < 1.29 is 8.42 Å². The van der Waals surface area contributed by atoms with Crippen molar-refractivity contribution >= 4 is 19.9 Å². The van der Waals surface area contributed by atoms with Gasteiger partial charge >= 0.3 is 0 Å². The summed E-state index contributed by atoms with van der Waals surface area (Å²) in [6.07, 6.45) is 4.12. The Morgan fingerprint density at radius 1 is 1.36 bits per heavy atom. The molecule has 0 unspecified atom stereocenters. The molecule has 1 saturated carbocycles. The van der Waals surface area contributed by atoms with Crippen molar-refractivity contribution in [2.75, 3.05) is 7.05 Å². The highest BCUT2D eigenvalue weighted by molar-refractivity contribution is 8.11. The van der Waals surface area contributed by atoms with E-state index in [1.807, 2.05) is 0 Å². The average Bonchev–Trinajstić information content (AvgIpc) is 2.34. The number of hydrogen-bond donors (Lipinski definition) is 0. The highest BCUT2D eigenvalue weighted by Gasteiger charge is 2.26. The van der Waals surface area contributed by atoms with Gasteiger partial charge in [0.1, 0.15) is 0 Å². The van der Waals surface area contributed by atoms with Crippen molar-refractivity contribution in [2.45, 2.75) is 31.7 Å². The van der Waals surface area contributed by atoms with E-state index in [9.17, 15) is 8.42 Å². The zero-order chi connectivity index (χ0) is 8.48. The maximum Gasteiger partial charge on any atom is 0.299 e. The van der Waals surface area contributed by atoms with Crippen molar-refractivity contribution in [3.8, 4) is 0 Å². The summed E-state index contributed by atoms with van der Waals surface area (Å²) in [4.78, 5) is 0. The molecule has 1 fully saturated rings. The van der Waals surface area contributed by atoms with Gasteiger partial charge in [-0.3, -0.25) is 0 Å². The molecule has 0 saturated heterocycles. The Bertz CT molecular complexity index is 221. The standard InChI is InChI=1S/C6H12ClNO2S/c1-8(11(7,9)10)6-4-2-3-5-6/h6H,2-5H2,1H3. The van der Waals surface area contributed by atoms with E-state index >= 15 is 0 Å². The second kappa shape index (κ2) is 3.29. The van der Waals surface area contributed by atoms with Crippen LogP contribution < -0.4 is 0 Å². The molecule has 5 heteroatoms. The van der Waals surface area contributed by atoms with Gasteiger partial charge in [-0.05, 0) is 12.8 Å². The van der Waals surface area contributed by atoms with Crippen molar-refractivity contribution in [3.63, 3.8) is 0 Å². The molecule has 0 radical (unpaired) electrons. The van der Waals surface area contributed by atoms with Crippen molar-refractivity contribution in [1.82, 2.24) is 4.31 Å². The van der Waals surface area contributed by atoms with E-state index in [0.29, 0.717) is 0 Å². The molecular formula is C6H12ClNO2S. The lowest BCUT2D eigenvalue weighted by atomic mass is 10.3. The minimum atomic E-state index is -3.48. The second-order valence-corrected chi connectivity index (χ2v) is 5.47. The first-order chi connectivity index (χ1) is 5.02. The number of halogens is 1. The zero-order valence-corrected chi connectivity index (χ0v) is 8.03. The average molecular weight is 198 g/mol. The number of nitrogens with zero attached hydrogens (tertiary/aromatic N) is 1.